The van der Waals surface area contributed by atoms with Crippen LogP contribution in [0.2, 0.25) is 10.0 Å². The maximum atomic E-state index is 14.4. The molecule has 0 aliphatic rings. The number of hydrogen-bond donors (Lipinski definition) is 1. The highest BCUT2D eigenvalue weighted by Gasteiger charge is 2.20. The number of halogens is 3. The van der Waals surface area contributed by atoms with E-state index in [2.05, 4.69) is 4.72 Å². The van der Waals surface area contributed by atoms with Crippen molar-refractivity contribution in [2.45, 2.75) is 17.7 Å². The van der Waals surface area contributed by atoms with Gasteiger partial charge in [-0.2, -0.15) is 0 Å². The molecule has 1 N–H and O–H groups in total. The van der Waals surface area contributed by atoms with Crippen molar-refractivity contribution < 1.29 is 17.0 Å². The number of rotatable bonds is 9. The summed E-state index contributed by atoms with van der Waals surface area (Å²) in [5.41, 5.74) is 0.0901. The van der Waals surface area contributed by atoms with Crippen molar-refractivity contribution in [2.24, 2.45) is 0 Å². The fourth-order valence-electron chi connectivity index (χ4n) is 2.30. The molecule has 10 heteroatoms. The molecular weight excluding hydrogens is 434 g/mol. The highest BCUT2D eigenvalue weighted by Crippen LogP contribution is 2.28. The number of nitrogens with zero attached hydrogens (tertiary/aromatic N) is 1. The Bertz CT molecular complexity index is 909. The molecule has 0 spiro atoms. The first-order valence-corrected chi connectivity index (χ1v) is 11.6. The molecule has 2 rings (SSSR count). The minimum atomic E-state index is -3.33. The van der Waals surface area contributed by atoms with Gasteiger partial charge in [-0.15, -0.1) is 0 Å². The third-order valence-electron chi connectivity index (χ3n) is 3.73. The number of benzene rings is 2. The van der Waals surface area contributed by atoms with E-state index in [4.69, 9.17) is 23.2 Å². The van der Waals surface area contributed by atoms with E-state index in [-0.39, 0.29) is 18.0 Å². The molecule has 0 saturated heterocycles. The number of nitrogens with one attached hydrogen (secondary N) is 1. The number of unbranched alkanes of at least 4 members (excludes halogenated alkanes) is 1. The van der Waals surface area contributed by atoms with Crippen LogP contribution in [0.25, 0.3) is 0 Å². The molecule has 148 valence electrons. The van der Waals surface area contributed by atoms with Crippen molar-refractivity contribution in [2.75, 3.05) is 23.7 Å². The highest BCUT2D eigenvalue weighted by molar-refractivity contribution is 7.89. The first kappa shape index (κ1) is 22.1. The Morgan fingerprint density at radius 3 is 2.33 bits per heavy atom. The molecule has 0 fully saturated rings. The second-order valence-corrected chi connectivity index (χ2v) is 9.96. The van der Waals surface area contributed by atoms with E-state index < -0.39 is 26.8 Å². The van der Waals surface area contributed by atoms with Crippen LogP contribution in [0.1, 0.15) is 12.8 Å². The molecule has 5 nitrogen and oxygen atoms in total. The van der Waals surface area contributed by atoms with Crippen LogP contribution in [0.5, 0.6) is 0 Å². The summed E-state index contributed by atoms with van der Waals surface area (Å²) in [6.45, 7) is 0.186. The van der Waals surface area contributed by atoms with Crippen molar-refractivity contribution in [1.82, 2.24) is 4.72 Å². The van der Waals surface area contributed by atoms with E-state index >= 15 is 0 Å². The standard InChI is InChI=1S/C17H19Cl2FN2O3S2/c1-21-27(24,25)11-3-2-10-22(17-12-14(19)6-9-16(17)20)26(23)15-7-4-13(18)5-8-15/h4-9,12,21H,2-3,10-11H2,1H3. The van der Waals surface area contributed by atoms with Gasteiger partial charge in [-0.05, 0) is 62.4 Å². The van der Waals surface area contributed by atoms with Gasteiger partial charge in [0.2, 0.25) is 10.0 Å². The van der Waals surface area contributed by atoms with Gasteiger partial charge in [-0.1, -0.05) is 23.2 Å². The van der Waals surface area contributed by atoms with Crippen LogP contribution in [0.3, 0.4) is 0 Å². The smallest absolute Gasteiger partial charge is 0.211 e. The van der Waals surface area contributed by atoms with Crippen molar-refractivity contribution in [3.8, 4) is 0 Å². The fraction of sp³-hybridized carbons (Fsp3) is 0.294. The van der Waals surface area contributed by atoms with Crippen LogP contribution in [-0.4, -0.2) is 32.0 Å². The molecule has 0 bridgehead atoms. The van der Waals surface area contributed by atoms with Gasteiger partial charge < -0.3 is 0 Å². The van der Waals surface area contributed by atoms with E-state index in [9.17, 15) is 17.0 Å². The molecule has 0 saturated carbocycles. The molecule has 2 aromatic carbocycles. The highest BCUT2D eigenvalue weighted by atomic mass is 35.5. The topological polar surface area (TPSA) is 66.5 Å². The Labute approximate surface area is 171 Å². The lowest BCUT2D eigenvalue weighted by Gasteiger charge is -2.24. The van der Waals surface area contributed by atoms with E-state index in [1.54, 1.807) is 24.3 Å². The summed E-state index contributed by atoms with van der Waals surface area (Å²) in [7, 11) is -3.70. The minimum absolute atomic E-state index is 0.0665. The third kappa shape index (κ3) is 6.43. The fourth-order valence-corrected chi connectivity index (χ4v) is 4.61. The summed E-state index contributed by atoms with van der Waals surface area (Å²) in [6.07, 6.45) is 0.728. The summed E-state index contributed by atoms with van der Waals surface area (Å²) in [5, 5.41) is 0.802. The van der Waals surface area contributed by atoms with E-state index in [1.165, 1.54) is 29.6 Å². The van der Waals surface area contributed by atoms with Crippen molar-refractivity contribution in [3.05, 3.63) is 58.3 Å². The Morgan fingerprint density at radius 1 is 1.07 bits per heavy atom. The Morgan fingerprint density at radius 2 is 1.70 bits per heavy atom. The van der Waals surface area contributed by atoms with Crippen LogP contribution < -0.4 is 9.03 Å². The van der Waals surface area contributed by atoms with Crippen LogP contribution in [0.4, 0.5) is 10.1 Å². The second-order valence-electron chi connectivity index (χ2n) is 5.63. The predicted octanol–water partition coefficient (Wildman–Crippen LogP) is 3.99. The molecule has 0 aliphatic heterocycles. The quantitative estimate of drug-likeness (QED) is 0.584. The van der Waals surface area contributed by atoms with E-state index in [0.29, 0.717) is 27.8 Å². The molecule has 1 unspecified atom stereocenters. The summed E-state index contributed by atoms with van der Waals surface area (Å²) in [4.78, 5) is 0.446. The molecular formula is C17H19Cl2FN2O3S2. The maximum Gasteiger partial charge on any atom is 0.211 e. The summed E-state index contributed by atoms with van der Waals surface area (Å²) < 4.78 is 54.0. The third-order valence-corrected chi connectivity index (χ3v) is 7.12. The van der Waals surface area contributed by atoms with Gasteiger partial charge in [-0.25, -0.2) is 21.7 Å². The van der Waals surface area contributed by atoms with Gasteiger partial charge in [0.1, 0.15) is 5.82 Å². The maximum absolute atomic E-state index is 14.4. The average molecular weight is 453 g/mol. The lowest BCUT2D eigenvalue weighted by Crippen LogP contribution is -2.29. The van der Waals surface area contributed by atoms with E-state index in [1.807, 2.05) is 0 Å². The Kier molecular flexibility index (Phi) is 8.05. The van der Waals surface area contributed by atoms with Gasteiger partial charge >= 0.3 is 0 Å². The monoisotopic (exact) mass is 452 g/mol. The predicted molar refractivity (Wildman–Crippen MR) is 109 cm³/mol. The van der Waals surface area contributed by atoms with Gasteiger partial charge in [0, 0.05) is 16.6 Å². The van der Waals surface area contributed by atoms with Gasteiger partial charge in [0.15, 0.2) is 11.0 Å². The zero-order valence-electron chi connectivity index (χ0n) is 14.5. The molecule has 0 radical (unpaired) electrons. The zero-order valence-corrected chi connectivity index (χ0v) is 17.6. The molecule has 0 aliphatic carbocycles. The number of anilines is 1. The molecule has 27 heavy (non-hydrogen) atoms. The van der Waals surface area contributed by atoms with Gasteiger partial charge in [0.05, 0.1) is 16.3 Å². The lowest BCUT2D eigenvalue weighted by molar-refractivity contribution is 0.583. The molecule has 2 aromatic rings. The Balaban J connectivity index is 2.24. The number of sulfonamides is 1. The van der Waals surface area contributed by atoms with E-state index in [0.717, 1.165) is 0 Å². The summed E-state index contributed by atoms with van der Waals surface area (Å²) in [6, 6.07) is 10.4. The molecule has 0 heterocycles. The van der Waals surface area contributed by atoms with Crippen LogP contribution in [0, 0.1) is 5.82 Å². The van der Waals surface area contributed by atoms with Crippen LogP contribution >= 0.6 is 23.2 Å². The SMILES string of the molecule is CNS(=O)(=O)CCCCN(c1cc(Cl)ccc1F)S(=O)c1ccc(Cl)cc1. The minimum Gasteiger partial charge on any atom is -0.285 e. The normalized spacial score (nSPS) is 12.7. The second kappa shape index (κ2) is 9.84. The first-order chi connectivity index (χ1) is 12.7. The van der Waals surface area contributed by atoms with Crippen molar-refractivity contribution in [3.63, 3.8) is 0 Å². The van der Waals surface area contributed by atoms with Gasteiger partial charge in [-0.3, -0.25) is 4.31 Å². The van der Waals surface area contributed by atoms with Gasteiger partial charge in [0.25, 0.3) is 0 Å². The van der Waals surface area contributed by atoms with Crippen molar-refractivity contribution in [1.29, 1.82) is 0 Å². The average Bonchev–Trinajstić information content (AvgIpc) is 2.64. The zero-order chi connectivity index (χ0) is 20.0. The van der Waals surface area contributed by atoms with Crippen LogP contribution in [-0.2, 0) is 21.0 Å². The van der Waals surface area contributed by atoms with Crippen molar-refractivity contribution >= 4 is 49.9 Å². The molecule has 0 aromatic heterocycles. The Hall–Kier alpha value is -1.19. The summed E-state index contributed by atoms with van der Waals surface area (Å²) >= 11 is 11.8. The molecule has 1 atom stereocenters. The molecule has 0 amide bonds. The first-order valence-electron chi connectivity index (χ1n) is 8.05. The summed E-state index contributed by atoms with van der Waals surface area (Å²) in [5.74, 6) is -0.632. The lowest BCUT2D eigenvalue weighted by atomic mass is 10.3. The largest absolute Gasteiger partial charge is 0.285 e. The number of hydrogen-bond acceptors (Lipinski definition) is 3. The van der Waals surface area contributed by atoms with Crippen LogP contribution in [0.15, 0.2) is 47.4 Å².